The standard InChI is InChI=1S/C14H21NO3/c1-10(2)11(8-16)7-15(3)12-4-5-13-14(6-12)18-9-17-13/h4-6,10-11,16H,7-9H2,1-3H3. The van der Waals surface area contributed by atoms with Gasteiger partial charge >= 0.3 is 0 Å². The molecule has 1 unspecified atom stereocenters. The minimum absolute atomic E-state index is 0.215. The maximum absolute atomic E-state index is 9.38. The summed E-state index contributed by atoms with van der Waals surface area (Å²) in [6.45, 7) is 5.61. The van der Waals surface area contributed by atoms with E-state index in [0.29, 0.717) is 12.7 Å². The van der Waals surface area contributed by atoms with E-state index < -0.39 is 0 Å². The zero-order chi connectivity index (χ0) is 13.1. The normalized spacial score (nSPS) is 14.9. The second kappa shape index (κ2) is 5.48. The molecule has 0 fully saturated rings. The van der Waals surface area contributed by atoms with Crippen molar-refractivity contribution in [2.75, 3.05) is 31.9 Å². The number of aliphatic hydroxyl groups excluding tert-OH is 1. The van der Waals surface area contributed by atoms with E-state index >= 15 is 0 Å². The van der Waals surface area contributed by atoms with Gasteiger partial charge < -0.3 is 19.5 Å². The topological polar surface area (TPSA) is 41.9 Å². The van der Waals surface area contributed by atoms with E-state index in [0.717, 1.165) is 23.7 Å². The minimum Gasteiger partial charge on any atom is -0.454 e. The summed E-state index contributed by atoms with van der Waals surface area (Å²) in [5.74, 6) is 2.34. The van der Waals surface area contributed by atoms with Crippen LogP contribution in [0.25, 0.3) is 0 Å². The first-order valence-corrected chi connectivity index (χ1v) is 6.33. The van der Waals surface area contributed by atoms with Crippen molar-refractivity contribution in [2.24, 2.45) is 11.8 Å². The fourth-order valence-electron chi connectivity index (χ4n) is 2.06. The van der Waals surface area contributed by atoms with Crippen LogP contribution in [0.3, 0.4) is 0 Å². The zero-order valence-electron chi connectivity index (χ0n) is 11.2. The maximum Gasteiger partial charge on any atom is 0.231 e. The number of hydrogen-bond donors (Lipinski definition) is 1. The number of ether oxygens (including phenoxy) is 2. The molecule has 100 valence electrons. The van der Waals surface area contributed by atoms with E-state index in [9.17, 15) is 5.11 Å². The molecular formula is C14H21NO3. The number of anilines is 1. The molecule has 0 amide bonds. The van der Waals surface area contributed by atoms with Crippen molar-refractivity contribution >= 4 is 5.69 Å². The van der Waals surface area contributed by atoms with E-state index in [-0.39, 0.29) is 12.5 Å². The Balaban J connectivity index is 2.06. The Morgan fingerprint density at radius 2 is 2.00 bits per heavy atom. The first-order valence-electron chi connectivity index (χ1n) is 6.33. The molecule has 1 aromatic rings. The van der Waals surface area contributed by atoms with Gasteiger partial charge in [0.25, 0.3) is 0 Å². The average molecular weight is 251 g/mol. The van der Waals surface area contributed by atoms with Crippen molar-refractivity contribution in [3.05, 3.63) is 18.2 Å². The van der Waals surface area contributed by atoms with Gasteiger partial charge in [-0.25, -0.2) is 0 Å². The first-order chi connectivity index (χ1) is 8.61. The van der Waals surface area contributed by atoms with Crippen molar-refractivity contribution in [1.82, 2.24) is 0 Å². The van der Waals surface area contributed by atoms with Crippen LogP contribution < -0.4 is 14.4 Å². The van der Waals surface area contributed by atoms with Crippen LogP contribution in [0.4, 0.5) is 5.69 Å². The molecular weight excluding hydrogens is 230 g/mol. The number of hydrogen-bond acceptors (Lipinski definition) is 4. The number of benzene rings is 1. The largest absolute Gasteiger partial charge is 0.454 e. The molecule has 4 heteroatoms. The second-order valence-corrected chi connectivity index (χ2v) is 5.10. The summed E-state index contributed by atoms with van der Waals surface area (Å²) in [6, 6.07) is 5.93. The molecule has 0 radical (unpaired) electrons. The van der Waals surface area contributed by atoms with Crippen molar-refractivity contribution in [2.45, 2.75) is 13.8 Å². The van der Waals surface area contributed by atoms with Gasteiger partial charge in [0.1, 0.15) is 0 Å². The predicted octanol–water partition coefficient (Wildman–Crippen LogP) is 2.12. The van der Waals surface area contributed by atoms with Gasteiger partial charge in [0.05, 0.1) is 0 Å². The van der Waals surface area contributed by atoms with Crippen LogP contribution in [0.5, 0.6) is 11.5 Å². The van der Waals surface area contributed by atoms with Gasteiger partial charge in [0, 0.05) is 37.9 Å². The number of aliphatic hydroxyl groups is 1. The van der Waals surface area contributed by atoms with Crippen molar-refractivity contribution in [3.63, 3.8) is 0 Å². The summed E-state index contributed by atoms with van der Waals surface area (Å²) < 4.78 is 10.7. The molecule has 1 aromatic carbocycles. The van der Waals surface area contributed by atoms with E-state index in [2.05, 4.69) is 18.7 Å². The number of fused-ring (bicyclic) bond motifs is 1. The molecule has 0 aliphatic carbocycles. The number of rotatable bonds is 5. The Hall–Kier alpha value is -1.42. The highest BCUT2D eigenvalue weighted by molar-refractivity contribution is 5.56. The van der Waals surface area contributed by atoms with Crippen LogP contribution in [0.2, 0.25) is 0 Å². The molecule has 1 atom stereocenters. The van der Waals surface area contributed by atoms with Crippen LogP contribution in [0.1, 0.15) is 13.8 Å². The molecule has 1 aliphatic heterocycles. The zero-order valence-corrected chi connectivity index (χ0v) is 11.2. The molecule has 0 spiro atoms. The van der Waals surface area contributed by atoms with Gasteiger partial charge in [-0.2, -0.15) is 0 Å². The van der Waals surface area contributed by atoms with Gasteiger partial charge in [0.2, 0.25) is 6.79 Å². The highest BCUT2D eigenvalue weighted by Gasteiger charge is 2.18. The number of nitrogens with zero attached hydrogens (tertiary/aromatic N) is 1. The summed E-state index contributed by atoms with van der Waals surface area (Å²) in [6.07, 6.45) is 0. The molecule has 18 heavy (non-hydrogen) atoms. The summed E-state index contributed by atoms with van der Waals surface area (Å²) in [5, 5.41) is 9.38. The lowest BCUT2D eigenvalue weighted by atomic mass is 9.96. The molecule has 1 N–H and O–H groups in total. The summed E-state index contributed by atoms with van der Waals surface area (Å²) in [7, 11) is 2.03. The van der Waals surface area contributed by atoms with Crippen molar-refractivity contribution in [3.8, 4) is 11.5 Å². The Labute approximate surface area is 108 Å². The fraction of sp³-hybridized carbons (Fsp3) is 0.571. The van der Waals surface area contributed by atoms with Crippen LogP contribution in [-0.4, -0.2) is 32.1 Å². The van der Waals surface area contributed by atoms with E-state index in [1.165, 1.54) is 0 Å². The minimum atomic E-state index is 0.215. The van der Waals surface area contributed by atoms with E-state index in [1.807, 2.05) is 25.2 Å². The monoisotopic (exact) mass is 251 g/mol. The van der Waals surface area contributed by atoms with Gasteiger partial charge in [0.15, 0.2) is 11.5 Å². The quantitative estimate of drug-likeness (QED) is 0.870. The van der Waals surface area contributed by atoms with Crippen molar-refractivity contribution in [1.29, 1.82) is 0 Å². The second-order valence-electron chi connectivity index (χ2n) is 5.10. The predicted molar refractivity (Wildman–Crippen MR) is 71.2 cm³/mol. The fourth-order valence-corrected chi connectivity index (χ4v) is 2.06. The van der Waals surface area contributed by atoms with Gasteiger partial charge in [-0.05, 0) is 18.1 Å². The molecule has 0 aromatic heterocycles. The molecule has 1 heterocycles. The summed E-state index contributed by atoms with van der Waals surface area (Å²) in [4.78, 5) is 2.14. The maximum atomic E-state index is 9.38. The highest BCUT2D eigenvalue weighted by atomic mass is 16.7. The Bertz CT molecular complexity index is 406. The van der Waals surface area contributed by atoms with Crippen LogP contribution in [0, 0.1) is 11.8 Å². The van der Waals surface area contributed by atoms with Crippen LogP contribution in [-0.2, 0) is 0 Å². The molecule has 0 saturated carbocycles. The van der Waals surface area contributed by atoms with Crippen molar-refractivity contribution < 1.29 is 14.6 Å². The highest BCUT2D eigenvalue weighted by Crippen LogP contribution is 2.35. The molecule has 4 nitrogen and oxygen atoms in total. The molecule has 1 aliphatic rings. The van der Waals surface area contributed by atoms with Gasteiger partial charge in [-0.1, -0.05) is 13.8 Å². The van der Waals surface area contributed by atoms with Gasteiger partial charge in [-0.3, -0.25) is 0 Å². The van der Waals surface area contributed by atoms with Crippen LogP contribution >= 0.6 is 0 Å². The third-order valence-electron chi connectivity index (χ3n) is 3.48. The summed E-state index contributed by atoms with van der Waals surface area (Å²) in [5.41, 5.74) is 1.08. The van der Waals surface area contributed by atoms with Crippen LogP contribution in [0.15, 0.2) is 18.2 Å². The average Bonchev–Trinajstić information content (AvgIpc) is 2.82. The SMILES string of the molecule is CC(C)C(CO)CN(C)c1ccc2c(c1)OCO2. The third-order valence-corrected chi connectivity index (χ3v) is 3.48. The molecule has 0 saturated heterocycles. The Morgan fingerprint density at radius 1 is 1.28 bits per heavy atom. The van der Waals surface area contributed by atoms with Gasteiger partial charge in [-0.15, -0.1) is 0 Å². The summed E-state index contributed by atoms with van der Waals surface area (Å²) >= 11 is 0. The third kappa shape index (κ3) is 2.70. The van der Waals surface area contributed by atoms with E-state index in [4.69, 9.17) is 9.47 Å². The Kier molecular flexibility index (Phi) is 3.97. The Morgan fingerprint density at radius 3 is 2.67 bits per heavy atom. The molecule has 0 bridgehead atoms. The van der Waals surface area contributed by atoms with E-state index in [1.54, 1.807) is 0 Å². The smallest absolute Gasteiger partial charge is 0.231 e. The lowest BCUT2D eigenvalue weighted by Gasteiger charge is -2.27. The molecule has 2 rings (SSSR count). The lowest BCUT2D eigenvalue weighted by Crippen LogP contribution is -2.30. The lowest BCUT2D eigenvalue weighted by molar-refractivity contribution is 0.174. The first kappa shape index (κ1) is 13.0.